The first kappa shape index (κ1) is 20.5. The SMILES string of the molecule is CC(=O)NCc1ccc(-c2csc(NC(=O)CCc3ncc(-c4ccccc4)o3)n2)o1. The van der Waals surface area contributed by atoms with Crippen LogP contribution in [0, 0.1) is 0 Å². The van der Waals surface area contributed by atoms with E-state index in [0.29, 0.717) is 47.0 Å². The zero-order valence-corrected chi connectivity index (χ0v) is 17.6. The van der Waals surface area contributed by atoms with Crippen LogP contribution in [0.25, 0.3) is 22.8 Å². The predicted octanol–water partition coefficient (Wildman–Crippen LogP) is 4.27. The van der Waals surface area contributed by atoms with Crippen LogP contribution in [0.2, 0.25) is 0 Å². The van der Waals surface area contributed by atoms with Gasteiger partial charge in [-0.3, -0.25) is 9.59 Å². The summed E-state index contributed by atoms with van der Waals surface area (Å²) in [5, 5.41) is 7.75. The Hall–Kier alpha value is -3.72. The molecule has 0 saturated heterocycles. The summed E-state index contributed by atoms with van der Waals surface area (Å²) < 4.78 is 11.4. The summed E-state index contributed by atoms with van der Waals surface area (Å²) in [5.41, 5.74) is 1.56. The van der Waals surface area contributed by atoms with Crippen molar-refractivity contribution in [2.45, 2.75) is 26.3 Å². The number of oxazole rings is 1. The van der Waals surface area contributed by atoms with Crippen LogP contribution in [-0.4, -0.2) is 21.8 Å². The van der Waals surface area contributed by atoms with E-state index in [1.807, 2.05) is 30.3 Å². The number of amides is 2. The Morgan fingerprint density at radius 2 is 1.90 bits per heavy atom. The lowest BCUT2D eigenvalue weighted by Gasteiger charge is -2.00. The van der Waals surface area contributed by atoms with Gasteiger partial charge in [-0.1, -0.05) is 30.3 Å². The summed E-state index contributed by atoms with van der Waals surface area (Å²) in [5.74, 6) is 2.09. The third-order valence-electron chi connectivity index (χ3n) is 4.35. The van der Waals surface area contributed by atoms with E-state index in [-0.39, 0.29) is 18.2 Å². The molecule has 9 heteroatoms. The van der Waals surface area contributed by atoms with Gasteiger partial charge in [-0.05, 0) is 12.1 Å². The van der Waals surface area contributed by atoms with Crippen LogP contribution < -0.4 is 10.6 Å². The van der Waals surface area contributed by atoms with Gasteiger partial charge >= 0.3 is 0 Å². The summed E-state index contributed by atoms with van der Waals surface area (Å²) in [6.45, 7) is 1.76. The fourth-order valence-electron chi connectivity index (χ4n) is 2.83. The Labute approximate surface area is 182 Å². The van der Waals surface area contributed by atoms with Gasteiger partial charge in [0.1, 0.15) is 11.5 Å². The van der Waals surface area contributed by atoms with E-state index in [4.69, 9.17) is 8.83 Å². The van der Waals surface area contributed by atoms with E-state index >= 15 is 0 Å². The lowest BCUT2D eigenvalue weighted by molar-refractivity contribution is -0.119. The highest BCUT2D eigenvalue weighted by atomic mass is 32.1. The number of aromatic nitrogens is 2. The Bertz CT molecular complexity index is 1180. The monoisotopic (exact) mass is 436 g/mol. The maximum absolute atomic E-state index is 12.3. The van der Waals surface area contributed by atoms with Crippen molar-refractivity contribution in [2.75, 3.05) is 5.32 Å². The normalized spacial score (nSPS) is 10.7. The predicted molar refractivity (Wildman–Crippen MR) is 116 cm³/mol. The highest BCUT2D eigenvalue weighted by Gasteiger charge is 2.13. The fraction of sp³-hybridized carbons (Fsp3) is 0.182. The first-order chi connectivity index (χ1) is 15.1. The maximum Gasteiger partial charge on any atom is 0.226 e. The van der Waals surface area contributed by atoms with E-state index in [1.165, 1.54) is 18.3 Å². The molecule has 0 aliphatic heterocycles. The molecule has 0 atom stereocenters. The average Bonchev–Trinajstić information content (AvgIpc) is 3.52. The average molecular weight is 436 g/mol. The Balaban J connectivity index is 1.29. The Kier molecular flexibility index (Phi) is 6.23. The van der Waals surface area contributed by atoms with Crippen LogP contribution in [0.5, 0.6) is 0 Å². The molecule has 0 fully saturated rings. The van der Waals surface area contributed by atoms with Gasteiger partial charge in [0, 0.05) is 30.7 Å². The fourth-order valence-corrected chi connectivity index (χ4v) is 3.55. The summed E-state index contributed by atoms with van der Waals surface area (Å²) in [7, 11) is 0. The van der Waals surface area contributed by atoms with Crippen LogP contribution >= 0.6 is 11.3 Å². The summed E-state index contributed by atoms with van der Waals surface area (Å²) in [6.07, 6.45) is 2.28. The standard InChI is InChI=1S/C22H20N4O4S/c1-14(27)23-11-16-7-8-18(29-16)17-13-31-22(25-17)26-20(28)9-10-21-24-12-19(30-21)15-5-3-2-4-6-15/h2-8,12-13H,9-11H2,1H3,(H,23,27)(H,25,26,28). The molecule has 0 aliphatic rings. The van der Waals surface area contributed by atoms with Crippen LogP contribution in [0.15, 0.2) is 62.9 Å². The number of nitrogens with zero attached hydrogens (tertiary/aromatic N) is 2. The molecule has 3 aromatic heterocycles. The third-order valence-corrected chi connectivity index (χ3v) is 5.11. The van der Waals surface area contributed by atoms with Crippen molar-refractivity contribution in [1.29, 1.82) is 0 Å². The minimum atomic E-state index is -0.175. The molecule has 4 rings (SSSR count). The minimum absolute atomic E-state index is 0.127. The molecule has 0 unspecified atom stereocenters. The number of nitrogens with one attached hydrogen (secondary N) is 2. The number of anilines is 1. The lowest BCUT2D eigenvalue weighted by Crippen LogP contribution is -2.18. The van der Waals surface area contributed by atoms with Gasteiger partial charge in [-0.25, -0.2) is 9.97 Å². The zero-order chi connectivity index (χ0) is 21.6. The molecule has 158 valence electrons. The number of benzene rings is 1. The number of thiazole rings is 1. The number of furan rings is 1. The van der Waals surface area contributed by atoms with Crippen molar-refractivity contribution in [3.8, 4) is 22.8 Å². The van der Waals surface area contributed by atoms with Crippen molar-refractivity contribution in [3.63, 3.8) is 0 Å². The van der Waals surface area contributed by atoms with E-state index in [0.717, 1.165) is 5.56 Å². The van der Waals surface area contributed by atoms with Crippen LogP contribution in [-0.2, 0) is 22.6 Å². The zero-order valence-electron chi connectivity index (χ0n) is 16.8. The molecule has 0 bridgehead atoms. The number of carbonyl (C=O) groups is 2. The van der Waals surface area contributed by atoms with Crippen LogP contribution in [0.1, 0.15) is 25.0 Å². The highest BCUT2D eigenvalue weighted by Crippen LogP contribution is 2.27. The molecule has 8 nitrogen and oxygen atoms in total. The first-order valence-electron chi connectivity index (χ1n) is 9.66. The van der Waals surface area contributed by atoms with Crippen LogP contribution in [0.3, 0.4) is 0 Å². The second-order valence-electron chi connectivity index (χ2n) is 6.75. The van der Waals surface area contributed by atoms with Gasteiger partial charge in [0.25, 0.3) is 0 Å². The smallest absolute Gasteiger partial charge is 0.226 e. The van der Waals surface area contributed by atoms with Crippen molar-refractivity contribution in [1.82, 2.24) is 15.3 Å². The molecule has 4 aromatic rings. The molecule has 0 saturated carbocycles. The maximum atomic E-state index is 12.3. The highest BCUT2D eigenvalue weighted by molar-refractivity contribution is 7.14. The van der Waals surface area contributed by atoms with Gasteiger partial charge in [0.2, 0.25) is 11.8 Å². The van der Waals surface area contributed by atoms with E-state index in [2.05, 4.69) is 20.6 Å². The van der Waals surface area contributed by atoms with Gasteiger partial charge in [0.15, 0.2) is 22.5 Å². The Morgan fingerprint density at radius 1 is 1.06 bits per heavy atom. The van der Waals surface area contributed by atoms with Crippen molar-refractivity contribution in [3.05, 3.63) is 65.7 Å². The van der Waals surface area contributed by atoms with Crippen molar-refractivity contribution < 1.29 is 18.4 Å². The van der Waals surface area contributed by atoms with E-state index in [1.54, 1.807) is 23.7 Å². The second kappa shape index (κ2) is 9.40. The quantitative estimate of drug-likeness (QED) is 0.427. The molecule has 0 aliphatic carbocycles. The molecule has 0 spiro atoms. The Morgan fingerprint density at radius 3 is 2.71 bits per heavy atom. The van der Waals surface area contributed by atoms with E-state index < -0.39 is 0 Å². The van der Waals surface area contributed by atoms with Gasteiger partial charge in [-0.15, -0.1) is 11.3 Å². The molecule has 2 amide bonds. The minimum Gasteiger partial charge on any atom is -0.458 e. The lowest BCUT2D eigenvalue weighted by atomic mass is 10.2. The third kappa shape index (κ3) is 5.46. The molecule has 0 radical (unpaired) electrons. The number of aryl methyl sites for hydroxylation is 1. The van der Waals surface area contributed by atoms with Gasteiger partial charge < -0.3 is 19.5 Å². The van der Waals surface area contributed by atoms with Crippen molar-refractivity contribution in [2.24, 2.45) is 0 Å². The molecular formula is C22H20N4O4S. The summed E-state index contributed by atoms with van der Waals surface area (Å²) in [6, 6.07) is 13.2. The van der Waals surface area contributed by atoms with Gasteiger partial charge in [-0.2, -0.15) is 0 Å². The molecule has 1 aromatic carbocycles. The summed E-state index contributed by atoms with van der Waals surface area (Å²) in [4.78, 5) is 31.9. The summed E-state index contributed by atoms with van der Waals surface area (Å²) >= 11 is 1.31. The topological polar surface area (TPSA) is 110 Å². The number of hydrogen-bond acceptors (Lipinski definition) is 7. The molecular weight excluding hydrogens is 416 g/mol. The van der Waals surface area contributed by atoms with Crippen molar-refractivity contribution >= 4 is 28.3 Å². The molecule has 31 heavy (non-hydrogen) atoms. The number of carbonyl (C=O) groups excluding carboxylic acids is 2. The number of hydrogen-bond donors (Lipinski definition) is 2. The largest absolute Gasteiger partial charge is 0.458 e. The first-order valence-corrected chi connectivity index (χ1v) is 10.5. The molecule has 2 N–H and O–H groups in total. The van der Waals surface area contributed by atoms with Gasteiger partial charge in [0.05, 0.1) is 12.7 Å². The second-order valence-corrected chi connectivity index (χ2v) is 7.60. The number of rotatable bonds is 8. The van der Waals surface area contributed by atoms with E-state index in [9.17, 15) is 9.59 Å². The molecule has 3 heterocycles. The van der Waals surface area contributed by atoms with Crippen LogP contribution in [0.4, 0.5) is 5.13 Å².